The first-order valence-corrected chi connectivity index (χ1v) is 8.60. The third-order valence-corrected chi connectivity index (χ3v) is 4.09. The lowest BCUT2D eigenvalue weighted by atomic mass is 10.1. The number of hydrogen-bond donors (Lipinski definition) is 2. The highest BCUT2D eigenvalue weighted by atomic mass is 19.4. The van der Waals surface area contributed by atoms with Crippen LogP contribution in [0.5, 0.6) is 0 Å². The second-order valence-corrected chi connectivity index (χ2v) is 6.07. The molecule has 0 aliphatic carbocycles. The summed E-state index contributed by atoms with van der Waals surface area (Å²) in [7, 11) is 1.51. The van der Waals surface area contributed by atoms with Crippen LogP contribution in [-0.2, 0) is 19.3 Å². The third kappa shape index (κ3) is 5.31. The van der Waals surface area contributed by atoms with Gasteiger partial charge < -0.3 is 10.6 Å². The summed E-state index contributed by atoms with van der Waals surface area (Å²) in [6.45, 7) is 0.213. The molecule has 0 aliphatic rings. The number of halogens is 4. The lowest BCUT2D eigenvalue weighted by Gasteiger charge is -2.16. The Morgan fingerprint density at radius 1 is 1.10 bits per heavy atom. The largest absolute Gasteiger partial charge is 0.416 e. The van der Waals surface area contributed by atoms with Crippen LogP contribution in [-0.4, -0.2) is 27.5 Å². The average Bonchev–Trinajstić information content (AvgIpc) is 3.23. The van der Waals surface area contributed by atoms with Crippen molar-refractivity contribution in [2.75, 3.05) is 7.05 Å². The van der Waals surface area contributed by atoms with Gasteiger partial charge in [0.25, 0.3) is 0 Å². The molecule has 2 aromatic heterocycles. The van der Waals surface area contributed by atoms with E-state index in [1.54, 1.807) is 29.5 Å². The van der Waals surface area contributed by atoms with E-state index >= 15 is 0 Å². The van der Waals surface area contributed by atoms with Gasteiger partial charge in [0.1, 0.15) is 18.0 Å². The minimum Gasteiger partial charge on any atom is -0.352 e. The number of imidazole rings is 1. The number of benzene rings is 1. The number of nitrogens with one attached hydrogen (secondary N) is 2. The first-order valence-electron chi connectivity index (χ1n) is 8.60. The average molecular weight is 406 g/mol. The van der Waals surface area contributed by atoms with Crippen molar-refractivity contribution in [3.63, 3.8) is 0 Å². The van der Waals surface area contributed by atoms with Gasteiger partial charge in [0.15, 0.2) is 5.96 Å². The monoisotopic (exact) mass is 406 g/mol. The molecule has 0 spiro atoms. The Kier molecular flexibility index (Phi) is 6.10. The summed E-state index contributed by atoms with van der Waals surface area (Å²) in [6, 6.07) is 6.25. The van der Waals surface area contributed by atoms with Crippen molar-refractivity contribution in [2.45, 2.75) is 19.3 Å². The van der Waals surface area contributed by atoms with Crippen LogP contribution in [0.2, 0.25) is 0 Å². The molecular formula is C19H18F4N6. The van der Waals surface area contributed by atoms with Gasteiger partial charge in [-0.05, 0) is 35.4 Å². The molecule has 0 amide bonds. The van der Waals surface area contributed by atoms with Gasteiger partial charge in [-0.3, -0.25) is 9.56 Å². The number of hydrogen-bond acceptors (Lipinski definition) is 3. The first-order chi connectivity index (χ1) is 13.9. The molecule has 0 aliphatic heterocycles. The van der Waals surface area contributed by atoms with E-state index in [1.165, 1.54) is 7.05 Å². The zero-order chi connectivity index (χ0) is 20.9. The minimum atomic E-state index is -4.64. The molecule has 10 heteroatoms. The fourth-order valence-corrected chi connectivity index (χ4v) is 2.66. The number of guanidine groups is 1. The summed E-state index contributed by atoms with van der Waals surface area (Å²) in [5.41, 5.74) is -0.197. The van der Waals surface area contributed by atoms with Crippen LogP contribution in [0.15, 0.2) is 60.2 Å². The summed E-state index contributed by atoms with van der Waals surface area (Å²) >= 11 is 0. The van der Waals surface area contributed by atoms with Gasteiger partial charge >= 0.3 is 6.18 Å². The number of rotatable bonds is 5. The summed E-state index contributed by atoms with van der Waals surface area (Å²) in [6.07, 6.45) is 2.04. The zero-order valence-electron chi connectivity index (χ0n) is 15.4. The molecule has 152 valence electrons. The molecule has 0 unspecified atom stereocenters. The second kappa shape index (κ2) is 8.72. The topological polar surface area (TPSA) is 67.1 Å². The number of pyridine rings is 1. The van der Waals surface area contributed by atoms with Crippen LogP contribution in [0.4, 0.5) is 17.6 Å². The van der Waals surface area contributed by atoms with Crippen LogP contribution >= 0.6 is 0 Å². The molecule has 0 radical (unpaired) electrons. The van der Waals surface area contributed by atoms with E-state index in [0.717, 1.165) is 17.7 Å². The molecule has 1 aromatic carbocycles. The molecule has 6 nitrogen and oxygen atoms in total. The Hall–Kier alpha value is -3.43. The second-order valence-electron chi connectivity index (χ2n) is 6.07. The van der Waals surface area contributed by atoms with Crippen LogP contribution in [0.3, 0.4) is 0 Å². The molecule has 0 saturated heterocycles. The van der Waals surface area contributed by atoms with Gasteiger partial charge in [-0.2, -0.15) is 13.2 Å². The Morgan fingerprint density at radius 3 is 2.59 bits per heavy atom. The SMILES string of the molecule is CN=C(NCc1ccnc(-n2ccnc2)c1)NCc1ccc(F)cc1C(F)(F)F. The smallest absolute Gasteiger partial charge is 0.352 e. The van der Waals surface area contributed by atoms with Crippen LogP contribution in [0.1, 0.15) is 16.7 Å². The van der Waals surface area contributed by atoms with Gasteiger partial charge in [-0.1, -0.05) is 6.07 Å². The van der Waals surface area contributed by atoms with Gasteiger partial charge in [-0.15, -0.1) is 0 Å². The molecule has 29 heavy (non-hydrogen) atoms. The zero-order valence-corrected chi connectivity index (χ0v) is 15.4. The molecule has 0 saturated carbocycles. The Morgan fingerprint density at radius 2 is 1.90 bits per heavy atom. The van der Waals surface area contributed by atoms with E-state index in [0.29, 0.717) is 24.4 Å². The van der Waals surface area contributed by atoms with Crippen molar-refractivity contribution in [3.05, 3.63) is 77.8 Å². The molecule has 3 aromatic rings. The van der Waals surface area contributed by atoms with Gasteiger partial charge in [0.2, 0.25) is 0 Å². The standard InChI is InChI=1S/C19H18F4N6/c1-24-18(28-11-14-2-3-15(20)9-16(14)19(21,22)23)27-10-13-4-5-26-17(8-13)29-7-6-25-12-29/h2-9,12H,10-11H2,1H3,(H2,24,27,28). The molecule has 3 rings (SSSR count). The maximum absolute atomic E-state index is 13.2. The summed E-state index contributed by atoms with van der Waals surface area (Å²) in [4.78, 5) is 12.2. The van der Waals surface area contributed by atoms with Crippen molar-refractivity contribution in [1.82, 2.24) is 25.2 Å². The Labute approximate surface area is 164 Å². The van der Waals surface area contributed by atoms with E-state index in [4.69, 9.17) is 0 Å². The van der Waals surface area contributed by atoms with Crippen LogP contribution in [0, 0.1) is 5.82 Å². The van der Waals surface area contributed by atoms with Crippen molar-refractivity contribution < 1.29 is 17.6 Å². The summed E-state index contributed by atoms with van der Waals surface area (Å²) < 4.78 is 54.3. The third-order valence-electron chi connectivity index (χ3n) is 4.09. The number of nitrogens with zero attached hydrogens (tertiary/aromatic N) is 4. The van der Waals surface area contributed by atoms with Gasteiger partial charge in [0.05, 0.1) is 5.56 Å². The minimum absolute atomic E-state index is 0.0758. The lowest BCUT2D eigenvalue weighted by molar-refractivity contribution is -0.138. The van der Waals surface area contributed by atoms with Gasteiger partial charge in [0, 0.05) is 38.7 Å². The highest BCUT2D eigenvalue weighted by molar-refractivity contribution is 5.79. The maximum Gasteiger partial charge on any atom is 0.416 e. The highest BCUT2D eigenvalue weighted by Crippen LogP contribution is 2.32. The van der Waals surface area contributed by atoms with E-state index in [9.17, 15) is 17.6 Å². The number of aromatic nitrogens is 3. The van der Waals surface area contributed by atoms with Gasteiger partial charge in [-0.25, -0.2) is 14.4 Å². The van der Waals surface area contributed by atoms with Crippen LogP contribution in [0.25, 0.3) is 5.82 Å². The Balaban J connectivity index is 1.63. The van der Waals surface area contributed by atoms with Crippen molar-refractivity contribution >= 4 is 5.96 Å². The highest BCUT2D eigenvalue weighted by Gasteiger charge is 2.33. The molecule has 0 atom stereocenters. The summed E-state index contributed by atoms with van der Waals surface area (Å²) in [5.74, 6) is 0.0595. The normalized spacial score (nSPS) is 12.1. The fourth-order valence-electron chi connectivity index (χ4n) is 2.66. The van der Waals surface area contributed by atoms with E-state index in [1.807, 2.05) is 12.1 Å². The van der Waals surface area contributed by atoms with Crippen LogP contribution < -0.4 is 10.6 Å². The van der Waals surface area contributed by atoms with E-state index in [-0.39, 0.29) is 12.1 Å². The summed E-state index contributed by atoms with van der Waals surface area (Å²) in [5, 5.41) is 5.84. The Bertz CT molecular complexity index is 983. The first kappa shape index (κ1) is 20.3. The quantitative estimate of drug-likeness (QED) is 0.388. The van der Waals surface area contributed by atoms with E-state index < -0.39 is 17.6 Å². The number of alkyl halides is 3. The van der Waals surface area contributed by atoms with Crippen molar-refractivity contribution in [1.29, 1.82) is 0 Å². The molecule has 0 bridgehead atoms. The molecule has 2 N–H and O–H groups in total. The van der Waals surface area contributed by atoms with Crippen molar-refractivity contribution in [3.8, 4) is 5.82 Å². The van der Waals surface area contributed by atoms with E-state index in [2.05, 4.69) is 25.6 Å². The molecule has 0 fully saturated rings. The lowest BCUT2D eigenvalue weighted by Crippen LogP contribution is -2.36. The number of aliphatic imine (C=N–C) groups is 1. The fraction of sp³-hybridized carbons (Fsp3) is 0.211. The molecule has 2 heterocycles. The predicted molar refractivity (Wildman–Crippen MR) is 99.8 cm³/mol. The molecular weight excluding hydrogens is 388 g/mol. The van der Waals surface area contributed by atoms with Crippen molar-refractivity contribution in [2.24, 2.45) is 4.99 Å². The predicted octanol–water partition coefficient (Wildman–Crippen LogP) is 3.29. The maximum atomic E-state index is 13.2.